The van der Waals surface area contributed by atoms with E-state index in [4.69, 9.17) is 0 Å². The van der Waals surface area contributed by atoms with E-state index in [9.17, 15) is 14.0 Å². The zero-order valence-corrected chi connectivity index (χ0v) is 20.7. The molecule has 0 bridgehead atoms. The summed E-state index contributed by atoms with van der Waals surface area (Å²) in [5.41, 5.74) is 6.12. The van der Waals surface area contributed by atoms with Crippen LogP contribution in [0, 0.1) is 12.7 Å². The van der Waals surface area contributed by atoms with E-state index in [1.807, 2.05) is 61.5 Å². The maximum Gasteiger partial charge on any atom is 0.331 e. The summed E-state index contributed by atoms with van der Waals surface area (Å²) in [4.78, 5) is 33.7. The van der Waals surface area contributed by atoms with Crippen molar-refractivity contribution in [2.45, 2.75) is 18.2 Å². The highest BCUT2D eigenvalue weighted by Crippen LogP contribution is 2.27. The number of nitrogens with one attached hydrogen (secondary N) is 3. The largest absolute Gasteiger partial charge is 0.338 e. The summed E-state index contributed by atoms with van der Waals surface area (Å²) in [7, 11) is 0. The predicted molar refractivity (Wildman–Crippen MR) is 144 cm³/mol. The van der Waals surface area contributed by atoms with E-state index < -0.39 is 11.9 Å². The Kier molecular flexibility index (Phi) is 7.00. The molecule has 0 unspecified atom stereocenters. The normalized spacial score (nSPS) is 10.9. The van der Waals surface area contributed by atoms with Crippen LogP contribution in [0.5, 0.6) is 0 Å². The summed E-state index contributed by atoms with van der Waals surface area (Å²) in [6.45, 7) is 2.00. The van der Waals surface area contributed by atoms with E-state index in [0.717, 1.165) is 56.0 Å². The van der Waals surface area contributed by atoms with Crippen molar-refractivity contribution in [1.82, 2.24) is 20.0 Å². The van der Waals surface area contributed by atoms with Crippen molar-refractivity contribution in [3.05, 3.63) is 119 Å². The second-order valence-corrected chi connectivity index (χ2v) is 9.45. The fourth-order valence-electron chi connectivity index (χ4n) is 3.92. The lowest BCUT2D eigenvalue weighted by Gasteiger charge is -2.09. The number of H-pyrrole nitrogens is 1. The minimum absolute atomic E-state index is 0.277. The van der Waals surface area contributed by atoms with Crippen LogP contribution in [-0.4, -0.2) is 21.9 Å². The number of carbonyl (C=O) groups excluding carboxylic acids is 2. The molecule has 0 aliphatic heterocycles. The first-order chi connectivity index (χ1) is 17.9. The molecular weight excluding hydrogens is 487 g/mol. The van der Waals surface area contributed by atoms with Gasteiger partial charge in [0.1, 0.15) is 11.6 Å². The van der Waals surface area contributed by atoms with Gasteiger partial charge in [0.25, 0.3) is 5.91 Å². The highest BCUT2D eigenvalue weighted by molar-refractivity contribution is 7.98. The van der Waals surface area contributed by atoms with Gasteiger partial charge in [-0.05, 0) is 90.5 Å². The number of hydrogen-bond donors (Lipinski definition) is 3. The smallest absolute Gasteiger partial charge is 0.331 e. The summed E-state index contributed by atoms with van der Waals surface area (Å²) in [5.74, 6) is -0.0248. The molecule has 184 valence electrons. The molecule has 0 aliphatic carbocycles. The molecule has 1 heterocycles. The number of aromatic amines is 1. The van der Waals surface area contributed by atoms with Crippen LogP contribution in [0.25, 0.3) is 22.4 Å². The number of halogens is 1. The van der Waals surface area contributed by atoms with Gasteiger partial charge >= 0.3 is 6.03 Å². The first kappa shape index (κ1) is 24.3. The number of fused-ring (bicyclic) bond motifs is 1. The topological polar surface area (TPSA) is 86.9 Å². The summed E-state index contributed by atoms with van der Waals surface area (Å²) in [6.07, 6.45) is 0.617. The molecule has 3 N–H and O–H groups in total. The van der Waals surface area contributed by atoms with Crippen molar-refractivity contribution in [3.8, 4) is 11.4 Å². The van der Waals surface area contributed by atoms with Crippen molar-refractivity contribution >= 4 is 34.9 Å². The number of rotatable bonds is 6. The molecule has 5 aromatic rings. The Balaban J connectivity index is 1.18. The van der Waals surface area contributed by atoms with Gasteiger partial charge in [-0.3, -0.25) is 14.8 Å². The number of imidazole rings is 1. The Morgan fingerprint density at radius 3 is 2.35 bits per heavy atom. The molecule has 0 saturated heterocycles. The molecule has 1 aromatic heterocycles. The standard InChI is InChI=1S/C29H23FN4O2S/c1-18-6-15-23(17-24(18)27-31-25-4-2-3-5-26(25)32-27)37-34-29(36)33-28(35)21-11-7-19(8-12-21)16-20-9-13-22(30)14-10-20/h2-15,17H,16H2,1H3,(H,31,32)(H2,33,34,35,36). The average Bonchev–Trinajstić information content (AvgIpc) is 3.34. The van der Waals surface area contributed by atoms with Crippen LogP contribution in [-0.2, 0) is 6.42 Å². The molecule has 0 fully saturated rings. The second-order valence-electron chi connectivity index (χ2n) is 8.57. The number of benzene rings is 4. The fourth-order valence-corrected chi connectivity index (χ4v) is 4.49. The van der Waals surface area contributed by atoms with Gasteiger partial charge in [0, 0.05) is 16.0 Å². The molecule has 8 heteroatoms. The van der Waals surface area contributed by atoms with Gasteiger partial charge < -0.3 is 4.98 Å². The van der Waals surface area contributed by atoms with Crippen LogP contribution in [0.2, 0.25) is 0 Å². The van der Waals surface area contributed by atoms with Crippen molar-refractivity contribution in [3.63, 3.8) is 0 Å². The van der Waals surface area contributed by atoms with Crippen molar-refractivity contribution < 1.29 is 14.0 Å². The lowest BCUT2D eigenvalue weighted by molar-refractivity contribution is 0.0965. The average molecular weight is 511 g/mol. The third-order valence-corrected chi connectivity index (χ3v) is 6.66. The van der Waals surface area contributed by atoms with Crippen LogP contribution >= 0.6 is 11.9 Å². The Labute approximate surface area is 217 Å². The van der Waals surface area contributed by atoms with Gasteiger partial charge in [0.2, 0.25) is 0 Å². The molecule has 0 radical (unpaired) electrons. The van der Waals surface area contributed by atoms with Crippen LogP contribution in [0.3, 0.4) is 0 Å². The zero-order valence-electron chi connectivity index (χ0n) is 19.9. The Morgan fingerprint density at radius 1 is 0.919 bits per heavy atom. The van der Waals surface area contributed by atoms with E-state index in [1.54, 1.807) is 24.3 Å². The van der Waals surface area contributed by atoms with Crippen molar-refractivity contribution in [2.24, 2.45) is 0 Å². The van der Waals surface area contributed by atoms with Gasteiger partial charge in [-0.15, -0.1) is 0 Å². The van der Waals surface area contributed by atoms with E-state index in [1.165, 1.54) is 12.1 Å². The number of para-hydroxylation sites is 2. The summed E-state index contributed by atoms with van der Waals surface area (Å²) in [5, 5.41) is 2.35. The molecule has 5 rings (SSSR count). The number of imide groups is 1. The molecule has 0 atom stereocenters. The molecule has 37 heavy (non-hydrogen) atoms. The lowest BCUT2D eigenvalue weighted by Crippen LogP contribution is -2.36. The zero-order chi connectivity index (χ0) is 25.8. The lowest BCUT2D eigenvalue weighted by atomic mass is 10.0. The molecule has 6 nitrogen and oxygen atoms in total. The predicted octanol–water partition coefficient (Wildman–Crippen LogP) is 6.41. The van der Waals surface area contributed by atoms with Crippen LogP contribution in [0.1, 0.15) is 27.0 Å². The van der Waals surface area contributed by atoms with Crippen molar-refractivity contribution in [2.75, 3.05) is 0 Å². The van der Waals surface area contributed by atoms with Crippen molar-refractivity contribution in [1.29, 1.82) is 0 Å². The van der Waals surface area contributed by atoms with Crippen LogP contribution < -0.4 is 10.0 Å². The Bertz CT molecular complexity index is 1550. The number of aromatic nitrogens is 2. The van der Waals surface area contributed by atoms with Gasteiger partial charge in [-0.2, -0.15) is 0 Å². The number of hydrogen-bond acceptors (Lipinski definition) is 4. The second kappa shape index (κ2) is 10.7. The molecule has 4 aromatic carbocycles. The molecule has 3 amide bonds. The summed E-state index contributed by atoms with van der Waals surface area (Å²) in [6, 6.07) is 26.3. The van der Waals surface area contributed by atoms with Gasteiger partial charge in [-0.25, -0.2) is 14.2 Å². The van der Waals surface area contributed by atoms with Gasteiger partial charge in [0.15, 0.2) is 0 Å². The van der Waals surface area contributed by atoms with Crippen LogP contribution in [0.15, 0.2) is 95.9 Å². The minimum Gasteiger partial charge on any atom is -0.338 e. The van der Waals surface area contributed by atoms with E-state index >= 15 is 0 Å². The molecular formula is C29H23FN4O2S. The van der Waals surface area contributed by atoms with E-state index in [0.29, 0.717) is 12.0 Å². The number of urea groups is 1. The Hall–Kier alpha value is -4.43. The SMILES string of the molecule is Cc1ccc(SNC(=O)NC(=O)c2ccc(Cc3ccc(F)cc3)cc2)cc1-c1nc2ccccc2[nH]1. The number of aryl methyl sites for hydroxylation is 1. The molecule has 0 spiro atoms. The fraction of sp³-hybridized carbons (Fsp3) is 0.0690. The quantitative estimate of drug-likeness (QED) is 0.230. The monoisotopic (exact) mass is 510 g/mol. The van der Waals surface area contributed by atoms with E-state index in [-0.39, 0.29) is 5.82 Å². The maximum atomic E-state index is 13.1. The molecule has 0 aliphatic rings. The number of carbonyl (C=O) groups is 2. The highest BCUT2D eigenvalue weighted by Gasteiger charge is 2.13. The third-order valence-electron chi connectivity index (χ3n) is 5.88. The van der Waals surface area contributed by atoms with Gasteiger partial charge in [0.05, 0.1) is 11.0 Å². The first-order valence-corrected chi connectivity index (χ1v) is 12.4. The number of nitrogens with zero attached hydrogens (tertiary/aromatic N) is 1. The van der Waals surface area contributed by atoms with Crippen LogP contribution in [0.4, 0.5) is 9.18 Å². The highest BCUT2D eigenvalue weighted by atomic mass is 32.2. The van der Waals surface area contributed by atoms with Gasteiger partial charge in [-0.1, -0.05) is 42.5 Å². The number of amides is 3. The Morgan fingerprint density at radius 2 is 1.62 bits per heavy atom. The molecule has 0 saturated carbocycles. The summed E-state index contributed by atoms with van der Waals surface area (Å²) >= 11 is 1.11. The van der Waals surface area contributed by atoms with E-state index in [2.05, 4.69) is 20.0 Å². The third kappa shape index (κ3) is 5.87. The minimum atomic E-state index is -0.615. The first-order valence-electron chi connectivity index (χ1n) is 11.6. The maximum absolute atomic E-state index is 13.1. The summed E-state index contributed by atoms with van der Waals surface area (Å²) < 4.78 is 15.7.